The summed E-state index contributed by atoms with van der Waals surface area (Å²) in [5, 5.41) is 2.96. The van der Waals surface area contributed by atoms with Crippen molar-refractivity contribution in [2.45, 2.75) is 45.4 Å². The summed E-state index contributed by atoms with van der Waals surface area (Å²) in [6.07, 6.45) is 7.05. The first kappa shape index (κ1) is 12.8. The third-order valence-electron chi connectivity index (χ3n) is 2.53. The maximum Gasteiger partial charge on any atom is 0.223 e. The van der Waals surface area contributed by atoms with Gasteiger partial charge in [-0.2, -0.15) is 0 Å². The molecule has 0 atom stereocenters. The maximum atomic E-state index is 11.4. The fourth-order valence-corrected chi connectivity index (χ4v) is 1.76. The van der Waals surface area contributed by atoms with Crippen LogP contribution in [0.4, 0.5) is 0 Å². The fraction of sp³-hybridized carbons (Fsp3) is 0.900. The Morgan fingerprint density at radius 3 is 2.46 bits per heavy atom. The number of halogens is 1. The number of carbonyl (C=O) groups excluding carboxylic acids is 1. The molecule has 1 N–H and O–H groups in total. The lowest BCUT2D eigenvalue weighted by Crippen LogP contribution is -2.32. The predicted octanol–water partition coefficient (Wildman–Crippen LogP) is 2.51. The summed E-state index contributed by atoms with van der Waals surface area (Å²) >= 11 is 0. The Morgan fingerprint density at radius 1 is 1.31 bits per heavy atom. The Balaban J connectivity index is 0.00000144. The van der Waals surface area contributed by atoms with E-state index in [1.54, 1.807) is 0 Å². The first-order valence-corrected chi connectivity index (χ1v) is 5.12. The van der Waals surface area contributed by atoms with Crippen LogP contribution in [0.3, 0.4) is 0 Å². The molecule has 1 aliphatic carbocycles. The van der Waals surface area contributed by atoms with E-state index in [9.17, 15) is 4.79 Å². The molecular formula is C10H20ClNO. The number of carbonyl (C=O) groups is 1. The highest BCUT2D eigenvalue weighted by Gasteiger charge is 2.19. The van der Waals surface area contributed by atoms with Crippen molar-refractivity contribution in [2.75, 3.05) is 6.54 Å². The molecule has 0 heterocycles. The summed E-state index contributed by atoms with van der Waals surface area (Å²) in [6.45, 7) is 2.93. The molecule has 0 aromatic carbocycles. The Bertz CT molecular complexity index is 144. The number of amides is 1. The Labute approximate surface area is 86.9 Å². The third-order valence-corrected chi connectivity index (χ3v) is 2.53. The molecule has 0 radical (unpaired) electrons. The fourth-order valence-electron chi connectivity index (χ4n) is 1.76. The van der Waals surface area contributed by atoms with E-state index < -0.39 is 0 Å². The standard InChI is InChI=1S/C10H19NO.ClH/c1-2-8-11-10(12)9-6-4-3-5-7-9;/h9H,2-8H2,1H3,(H,11,12);1H. The molecule has 1 fully saturated rings. The van der Waals surface area contributed by atoms with Gasteiger partial charge < -0.3 is 5.32 Å². The summed E-state index contributed by atoms with van der Waals surface area (Å²) in [4.78, 5) is 11.4. The van der Waals surface area contributed by atoms with Gasteiger partial charge in [-0.05, 0) is 19.3 Å². The molecule has 1 amide bonds. The van der Waals surface area contributed by atoms with Crippen LogP contribution in [0.1, 0.15) is 45.4 Å². The quantitative estimate of drug-likeness (QED) is 0.754. The van der Waals surface area contributed by atoms with Crippen LogP contribution >= 0.6 is 12.4 Å². The topological polar surface area (TPSA) is 29.1 Å². The van der Waals surface area contributed by atoms with Gasteiger partial charge in [-0.25, -0.2) is 0 Å². The highest BCUT2D eigenvalue weighted by Crippen LogP contribution is 2.23. The Hall–Kier alpha value is -0.240. The van der Waals surface area contributed by atoms with E-state index in [1.165, 1.54) is 19.3 Å². The predicted molar refractivity (Wildman–Crippen MR) is 57.1 cm³/mol. The summed E-state index contributed by atoms with van der Waals surface area (Å²) in [5.74, 6) is 0.613. The van der Waals surface area contributed by atoms with E-state index in [2.05, 4.69) is 12.2 Å². The molecule has 2 nitrogen and oxygen atoms in total. The van der Waals surface area contributed by atoms with Crippen molar-refractivity contribution in [3.63, 3.8) is 0 Å². The van der Waals surface area contributed by atoms with Crippen molar-refractivity contribution in [1.29, 1.82) is 0 Å². The van der Waals surface area contributed by atoms with E-state index in [0.29, 0.717) is 5.92 Å². The lowest BCUT2D eigenvalue weighted by atomic mass is 9.89. The first-order chi connectivity index (χ1) is 5.84. The highest BCUT2D eigenvalue weighted by atomic mass is 35.5. The molecule has 78 valence electrons. The van der Waals surface area contributed by atoms with Crippen LogP contribution in [0.25, 0.3) is 0 Å². The minimum Gasteiger partial charge on any atom is -0.356 e. The molecule has 0 aromatic heterocycles. The SMILES string of the molecule is CCCNC(=O)C1CCCCC1.Cl. The third kappa shape index (κ3) is 4.51. The van der Waals surface area contributed by atoms with Crippen molar-refractivity contribution < 1.29 is 4.79 Å². The van der Waals surface area contributed by atoms with Crippen LogP contribution in [0, 0.1) is 5.92 Å². The monoisotopic (exact) mass is 205 g/mol. The van der Waals surface area contributed by atoms with Gasteiger partial charge in [-0.3, -0.25) is 4.79 Å². The number of hydrogen-bond donors (Lipinski definition) is 1. The van der Waals surface area contributed by atoms with E-state index in [0.717, 1.165) is 25.8 Å². The molecule has 0 aliphatic heterocycles. The van der Waals surface area contributed by atoms with E-state index in [4.69, 9.17) is 0 Å². The summed E-state index contributed by atoms with van der Waals surface area (Å²) in [6, 6.07) is 0. The van der Waals surface area contributed by atoms with Crippen molar-refractivity contribution in [3.05, 3.63) is 0 Å². The number of nitrogens with one attached hydrogen (secondary N) is 1. The summed E-state index contributed by atoms with van der Waals surface area (Å²) < 4.78 is 0. The molecule has 1 saturated carbocycles. The molecule has 0 saturated heterocycles. The van der Waals surface area contributed by atoms with Gasteiger partial charge in [0.2, 0.25) is 5.91 Å². The second-order valence-electron chi connectivity index (χ2n) is 3.63. The minimum atomic E-state index is 0. The zero-order valence-electron chi connectivity index (χ0n) is 8.34. The van der Waals surface area contributed by atoms with Gasteiger partial charge in [0.1, 0.15) is 0 Å². The molecule has 0 spiro atoms. The van der Waals surface area contributed by atoms with Crippen LogP contribution in [-0.2, 0) is 4.79 Å². The number of hydrogen-bond acceptors (Lipinski definition) is 1. The van der Waals surface area contributed by atoms with E-state index in [-0.39, 0.29) is 18.3 Å². The van der Waals surface area contributed by atoms with Gasteiger partial charge in [-0.1, -0.05) is 26.2 Å². The van der Waals surface area contributed by atoms with E-state index >= 15 is 0 Å². The first-order valence-electron chi connectivity index (χ1n) is 5.12. The second-order valence-corrected chi connectivity index (χ2v) is 3.63. The van der Waals surface area contributed by atoms with Gasteiger partial charge in [0.25, 0.3) is 0 Å². The molecule has 1 rings (SSSR count). The average molecular weight is 206 g/mol. The van der Waals surface area contributed by atoms with Crippen LogP contribution in [-0.4, -0.2) is 12.5 Å². The molecule has 0 bridgehead atoms. The average Bonchev–Trinajstić information content (AvgIpc) is 2.15. The van der Waals surface area contributed by atoms with Gasteiger partial charge in [-0.15, -0.1) is 12.4 Å². The molecule has 3 heteroatoms. The lowest BCUT2D eigenvalue weighted by molar-refractivity contribution is -0.125. The van der Waals surface area contributed by atoms with Gasteiger partial charge in [0.05, 0.1) is 0 Å². The highest BCUT2D eigenvalue weighted by molar-refractivity contribution is 5.85. The molecule has 13 heavy (non-hydrogen) atoms. The molecular weight excluding hydrogens is 186 g/mol. The minimum absolute atomic E-state index is 0. The van der Waals surface area contributed by atoms with Gasteiger partial charge in [0.15, 0.2) is 0 Å². The van der Waals surface area contributed by atoms with Crippen molar-refractivity contribution in [1.82, 2.24) is 5.32 Å². The van der Waals surface area contributed by atoms with Crippen LogP contribution < -0.4 is 5.32 Å². The zero-order chi connectivity index (χ0) is 8.81. The van der Waals surface area contributed by atoms with Gasteiger partial charge in [0, 0.05) is 12.5 Å². The van der Waals surface area contributed by atoms with Crippen LogP contribution in [0.2, 0.25) is 0 Å². The zero-order valence-corrected chi connectivity index (χ0v) is 9.16. The maximum absolute atomic E-state index is 11.4. The molecule has 0 unspecified atom stereocenters. The molecule has 1 aliphatic rings. The smallest absolute Gasteiger partial charge is 0.223 e. The van der Waals surface area contributed by atoms with Crippen molar-refractivity contribution >= 4 is 18.3 Å². The summed E-state index contributed by atoms with van der Waals surface area (Å²) in [7, 11) is 0. The lowest BCUT2D eigenvalue weighted by Gasteiger charge is -2.20. The molecule has 0 aromatic rings. The summed E-state index contributed by atoms with van der Waals surface area (Å²) in [5.41, 5.74) is 0. The Kier molecular flexibility index (Phi) is 7.06. The second kappa shape index (κ2) is 7.19. The largest absolute Gasteiger partial charge is 0.356 e. The van der Waals surface area contributed by atoms with Crippen molar-refractivity contribution in [3.8, 4) is 0 Å². The Morgan fingerprint density at radius 2 is 1.92 bits per heavy atom. The van der Waals surface area contributed by atoms with Gasteiger partial charge >= 0.3 is 0 Å². The number of rotatable bonds is 3. The van der Waals surface area contributed by atoms with E-state index in [1.807, 2.05) is 0 Å². The van der Waals surface area contributed by atoms with Crippen molar-refractivity contribution in [2.24, 2.45) is 5.92 Å². The van der Waals surface area contributed by atoms with Crippen LogP contribution in [0.5, 0.6) is 0 Å². The van der Waals surface area contributed by atoms with Crippen LogP contribution in [0.15, 0.2) is 0 Å². The normalized spacial score (nSPS) is 17.6.